The molecule has 2 nitrogen and oxygen atoms in total. The highest BCUT2D eigenvalue weighted by atomic mass is 15.0. The minimum atomic E-state index is 0.236. The van der Waals surface area contributed by atoms with Crippen LogP contribution in [-0.2, 0) is 0 Å². The molecule has 2 heteroatoms. The number of nitrogens with one attached hydrogen (secondary N) is 2. The van der Waals surface area contributed by atoms with Gasteiger partial charge in [0.25, 0.3) is 0 Å². The van der Waals surface area contributed by atoms with E-state index >= 15 is 0 Å². The van der Waals surface area contributed by atoms with E-state index in [1.807, 2.05) is 0 Å². The van der Waals surface area contributed by atoms with E-state index < -0.39 is 0 Å². The van der Waals surface area contributed by atoms with Gasteiger partial charge in [0.05, 0.1) is 0 Å². The fourth-order valence-electron chi connectivity index (χ4n) is 4.20. The molecule has 0 radical (unpaired) electrons. The molecule has 2 bridgehead atoms. The molecule has 2 fully saturated rings. The van der Waals surface area contributed by atoms with Crippen LogP contribution in [0.5, 0.6) is 0 Å². The first kappa shape index (κ1) is 14.3. The van der Waals surface area contributed by atoms with Crippen molar-refractivity contribution in [1.82, 2.24) is 10.6 Å². The maximum atomic E-state index is 3.82. The van der Waals surface area contributed by atoms with Crippen molar-refractivity contribution in [1.29, 1.82) is 0 Å². The summed E-state index contributed by atoms with van der Waals surface area (Å²) in [6.07, 6.45) is 4.25. The van der Waals surface area contributed by atoms with E-state index in [4.69, 9.17) is 0 Å². The van der Waals surface area contributed by atoms with Gasteiger partial charge >= 0.3 is 0 Å². The molecule has 0 aromatic rings. The molecule has 0 aliphatic heterocycles. The maximum absolute atomic E-state index is 3.82. The predicted octanol–water partition coefficient (Wildman–Crippen LogP) is 3.18. The normalized spacial score (nSPS) is 38.3. The second-order valence-electron chi connectivity index (χ2n) is 8.29. The Bertz CT molecular complexity index is 303. The molecule has 18 heavy (non-hydrogen) atoms. The van der Waals surface area contributed by atoms with E-state index in [1.165, 1.54) is 19.3 Å². The SMILES string of the molecule is CC(C)(C)NCCNC1CC2CCC1(C)C2(C)C. The van der Waals surface area contributed by atoms with E-state index in [0.29, 0.717) is 10.8 Å². The van der Waals surface area contributed by atoms with Crippen LogP contribution in [0.25, 0.3) is 0 Å². The molecule has 2 rings (SSSR count). The lowest BCUT2D eigenvalue weighted by molar-refractivity contribution is 0.121. The highest BCUT2D eigenvalue weighted by Crippen LogP contribution is 2.65. The molecule has 3 unspecified atom stereocenters. The van der Waals surface area contributed by atoms with Crippen molar-refractivity contribution in [2.45, 2.75) is 72.4 Å². The Morgan fingerprint density at radius 2 is 1.78 bits per heavy atom. The van der Waals surface area contributed by atoms with Gasteiger partial charge in [0.15, 0.2) is 0 Å². The zero-order chi connectivity index (χ0) is 13.6. The summed E-state index contributed by atoms with van der Waals surface area (Å²) in [5, 5.41) is 7.38. The molecule has 0 saturated heterocycles. The topological polar surface area (TPSA) is 24.1 Å². The molecule has 2 saturated carbocycles. The van der Waals surface area contributed by atoms with Crippen molar-refractivity contribution in [3.8, 4) is 0 Å². The average Bonchev–Trinajstić information content (AvgIpc) is 2.55. The Labute approximate surface area is 113 Å². The van der Waals surface area contributed by atoms with Gasteiger partial charge in [-0.3, -0.25) is 0 Å². The Kier molecular flexibility index (Phi) is 3.57. The third-order valence-electron chi connectivity index (χ3n) is 5.97. The van der Waals surface area contributed by atoms with Gasteiger partial charge in [-0.1, -0.05) is 20.8 Å². The van der Waals surface area contributed by atoms with Crippen LogP contribution < -0.4 is 10.6 Å². The molecule has 0 aromatic heterocycles. The van der Waals surface area contributed by atoms with Crippen LogP contribution in [0.3, 0.4) is 0 Å². The van der Waals surface area contributed by atoms with Crippen LogP contribution in [0.15, 0.2) is 0 Å². The third kappa shape index (κ3) is 2.34. The van der Waals surface area contributed by atoms with Crippen molar-refractivity contribution < 1.29 is 0 Å². The summed E-state index contributed by atoms with van der Waals surface area (Å²) in [4.78, 5) is 0. The van der Waals surface area contributed by atoms with Gasteiger partial charge in [-0.25, -0.2) is 0 Å². The molecule has 0 amide bonds. The summed E-state index contributed by atoms with van der Waals surface area (Å²) < 4.78 is 0. The summed E-state index contributed by atoms with van der Waals surface area (Å²) >= 11 is 0. The first-order chi connectivity index (χ1) is 8.17. The van der Waals surface area contributed by atoms with Crippen LogP contribution in [0.2, 0.25) is 0 Å². The Hall–Kier alpha value is -0.0800. The largest absolute Gasteiger partial charge is 0.312 e. The van der Waals surface area contributed by atoms with Crippen LogP contribution in [0.1, 0.15) is 60.8 Å². The molecule has 0 aromatic carbocycles. The Balaban J connectivity index is 1.82. The fourth-order valence-corrected chi connectivity index (χ4v) is 4.20. The van der Waals surface area contributed by atoms with Crippen LogP contribution in [-0.4, -0.2) is 24.7 Å². The second kappa shape index (κ2) is 4.49. The monoisotopic (exact) mass is 252 g/mol. The number of hydrogen-bond donors (Lipinski definition) is 2. The molecule has 2 N–H and O–H groups in total. The van der Waals surface area contributed by atoms with E-state index in [2.05, 4.69) is 52.2 Å². The standard InChI is InChI=1S/C16H32N2/c1-14(2,3)18-10-9-17-13-11-12-7-8-16(13,6)15(12,4)5/h12-13,17-18H,7-11H2,1-6H3. The van der Waals surface area contributed by atoms with Gasteiger partial charge in [-0.05, 0) is 56.8 Å². The van der Waals surface area contributed by atoms with Crippen molar-refractivity contribution >= 4 is 0 Å². The summed E-state index contributed by atoms with van der Waals surface area (Å²) in [5.41, 5.74) is 1.28. The number of rotatable bonds is 4. The summed E-state index contributed by atoms with van der Waals surface area (Å²) in [7, 11) is 0. The van der Waals surface area contributed by atoms with Crippen LogP contribution in [0, 0.1) is 16.7 Å². The van der Waals surface area contributed by atoms with Crippen molar-refractivity contribution in [3.05, 3.63) is 0 Å². The minimum absolute atomic E-state index is 0.236. The summed E-state index contributed by atoms with van der Waals surface area (Å²) in [5.74, 6) is 0.940. The predicted molar refractivity (Wildman–Crippen MR) is 78.8 cm³/mol. The molecule has 2 aliphatic rings. The van der Waals surface area contributed by atoms with Gasteiger partial charge in [0.1, 0.15) is 0 Å². The van der Waals surface area contributed by atoms with Gasteiger partial charge in [0.2, 0.25) is 0 Å². The third-order valence-corrected chi connectivity index (χ3v) is 5.97. The van der Waals surface area contributed by atoms with E-state index in [0.717, 1.165) is 25.0 Å². The molecule has 106 valence electrons. The number of fused-ring (bicyclic) bond motifs is 2. The van der Waals surface area contributed by atoms with Crippen molar-refractivity contribution in [2.75, 3.05) is 13.1 Å². The smallest absolute Gasteiger partial charge is 0.0129 e. The van der Waals surface area contributed by atoms with E-state index in [-0.39, 0.29) is 5.54 Å². The zero-order valence-electron chi connectivity index (χ0n) is 13.2. The first-order valence-electron chi connectivity index (χ1n) is 7.65. The molecule has 3 atom stereocenters. The molecular weight excluding hydrogens is 220 g/mol. The summed E-state index contributed by atoms with van der Waals surface area (Å²) in [6.45, 7) is 16.3. The lowest BCUT2D eigenvalue weighted by Gasteiger charge is -2.39. The lowest BCUT2D eigenvalue weighted by Crippen LogP contribution is -2.48. The van der Waals surface area contributed by atoms with Crippen LogP contribution >= 0.6 is 0 Å². The molecule has 2 aliphatic carbocycles. The van der Waals surface area contributed by atoms with E-state index in [9.17, 15) is 0 Å². The summed E-state index contributed by atoms with van der Waals surface area (Å²) in [6, 6.07) is 0.730. The van der Waals surface area contributed by atoms with Gasteiger partial charge in [0, 0.05) is 24.7 Å². The highest BCUT2D eigenvalue weighted by molar-refractivity contribution is 5.12. The second-order valence-corrected chi connectivity index (χ2v) is 8.29. The Morgan fingerprint density at radius 3 is 2.22 bits per heavy atom. The van der Waals surface area contributed by atoms with Crippen molar-refractivity contribution in [3.63, 3.8) is 0 Å². The average molecular weight is 252 g/mol. The molecule has 0 heterocycles. The molecular formula is C16H32N2. The maximum Gasteiger partial charge on any atom is 0.0129 e. The first-order valence-corrected chi connectivity index (χ1v) is 7.65. The van der Waals surface area contributed by atoms with Crippen LogP contribution in [0.4, 0.5) is 0 Å². The quantitative estimate of drug-likeness (QED) is 0.751. The number of hydrogen-bond acceptors (Lipinski definition) is 2. The van der Waals surface area contributed by atoms with Gasteiger partial charge in [-0.15, -0.1) is 0 Å². The van der Waals surface area contributed by atoms with Gasteiger partial charge in [-0.2, -0.15) is 0 Å². The van der Waals surface area contributed by atoms with Crippen molar-refractivity contribution in [2.24, 2.45) is 16.7 Å². The van der Waals surface area contributed by atoms with Gasteiger partial charge < -0.3 is 10.6 Å². The fraction of sp³-hybridized carbons (Fsp3) is 1.00. The molecule has 0 spiro atoms. The van der Waals surface area contributed by atoms with E-state index in [1.54, 1.807) is 0 Å². The Morgan fingerprint density at radius 1 is 1.11 bits per heavy atom. The lowest BCUT2D eigenvalue weighted by atomic mass is 9.69. The minimum Gasteiger partial charge on any atom is -0.312 e. The highest BCUT2D eigenvalue weighted by Gasteiger charge is 2.60. The zero-order valence-corrected chi connectivity index (χ0v) is 13.2.